The molecule has 1 unspecified atom stereocenters. The Kier molecular flexibility index (Phi) is 9.27. The van der Waals surface area contributed by atoms with Gasteiger partial charge in [0, 0.05) is 17.3 Å². The number of carbonyl (C=O) groups excluding carboxylic acids is 1. The Bertz CT molecular complexity index is 1210. The molecule has 1 aromatic heterocycles. The van der Waals surface area contributed by atoms with Gasteiger partial charge in [0.1, 0.15) is 18.5 Å². The summed E-state index contributed by atoms with van der Waals surface area (Å²) in [5.41, 5.74) is 1.07. The number of hydrogen-bond donors (Lipinski definition) is 0. The van der Waals surface area contributed by atoms with E-state index in [1.807, 2.05) is 23.1 Å². The van der Waals surface area contributed by atoms with Crippen LogP contribution in [0, 0.1) is 0 Å². The number of pyridine rings is 1. The van der Waals surface area contributed by atoms with Crippen LogP contribution in [0.2, 0.25) is 5.02 Å². The summed E-state index contributed by atoms with van der Waals surface area (Å²) in [6.07, 6.45) is 4.34. The van der Waals surface area contributed by atoms with Gasteiger partial charge in [0.2, 0.25) is 5.91 Å². The number of nitrogens with zero attached hydrogens (tertiary/aromatic N) is 2. The molecule has 5 rings (SSSR count). The molecule has 0 saturated carbocycles. The van der Waals surface area contributed by atoms with Gasteiger partial charge in [0.15, 0.2) is 0 Å². The maximum atomic E-state index is 13.3. The van der Waals surface area contributed by atoms with E-state index in [0.717, 1.165) is 11.3 Å². The lowest BCUT2D eigenvalue weighted by Crippen LogP contribution is -2.57. The van der Waals surface area contributed by atoms with E-state index < -0.39 is 13.3 Å². The lowest BCUT2D eigenvalue weighted by molar-refractivity contribution is -0.151. The van der Waals surface area contributed by atoms with Crippen molar-refractivity contribution in [1.82, 2.24) is 9.47 Å². The fourth-order valence-corrected chi connectivity index (χ4v) is 6.96. The van der Waals surface area contributed by atoms with Gasteiger partial charge < -0.3 is 23.4 Å². The van der Waals surface area contributed by atoms with Crippen molar-refractivity contribution >= 4 is 31.3 Å². The number of morpholine rings is 1. The lowest BCUT2D eigenvalue weighted by Gasteiger charge is -2.47. The molecule has 9 nitrogen and oxygen atoms in total. The second-order valence-corrected chi connectivity index (χ2v) is 11.5. The molecule has 0 radical (unpaired) electrons. The second kappa shape index (κ2) is 12.4. The van der Waals surface area contributed by atoms with Crippen LogP contribution in [0.3, 0.4) is 0 Å². The summed E-state index contributed by atoms with van der Waals surface area (Å²) >= 11 is 5.99. The van der Waals surface area contributed by atoms with Crippen LogP contribution in [0.1, 0.15) is 44.0 Å². The molecule has 1 aromatic carbocycles. The van der Waals surface area contributed by atoms with Gasteiger partial charge in [-0.2, -0.15) is 0 Å². The predicted molar refractivity (Wildman–Crippen MR) is 140 cm³/mol. The van der Waals surface area contributed by atoms with Crippen molar-refractivity contribution in [3.63, 3.8) is 0 Å². The number of rotatable bonds is 6. The van der Waals surface area contributed by atoms with Gasteiger partial charge in [-0.05, 0) is 50.5 Å². The van der Waals surface area contributed by atoms with Crippen LogP contribution < -0.4 is 5.56 Å². The summed E-state index contributed by atoms with van der Waals surface area (Å²) in [6, 6.07) is 12.3. The zero-order valence-electron chi connectivity index (χ0n) is 21.0. The topological polar surface area (TPSA) is 96.3 Å². The largest absolute Gasteiger partial charge is 0.493 e. The van der Waals surface area contributed by atoms with E-state index in [-0.39, 0.29) is 36.8 Å². The van der Waals surface area contributed by atoms with Gasteiger partial charge in [0.05, 0.1) is 44.2 Å². The molecular formula is C26H32ClN2O7P. The molecule has 37 heavy (non-hydrogen) atoms. The molecule has 2 aromatic rings. The minimum Gasteiger partial charge on any atom is -0.493 e. The molecule has 3 aliphatic heterocycles. The van der Waals surface area contributed by atoms with E-state index in [9.17, 15) is 14.2 Å². The number of amides is 1. The van der Waals surface area contributed by atoms with Crippen LogP contribution in [0.25, 0.3) is 6.20 Å². The molecule has 3 atom stereocenters. The minimum absolute atomic E-state index is 0.0120. The van der Waals surface area contributed by atoms with Crippen molar-refractivity contribution in [2.75, 3.05) is 26.4 Å². The number of halogens is 1. The first kappa shape index (κ1) is 27.6. The molecule has 3 aliphatic rings. The smallest absolute Gasteiger partial charge is 0.343 e. The Morgan fingerprint density at radius 1 is 1.03 bits per heavy atom. The van der Waals surface area contributed by atoms with Crippen molar-refractivity contribution in [2.24, 2.45) is 0 Å². The molecule has 1 amide bonds. The van der Waals surface area contributed by atoms with Gasteiger partial charge >= 0.3 is 7.60 Å². The van der Waals surface area contributed by atoms with Crippen LogP contribution in [0.4, 0.5) is 0 Å². The number of ether oxygens (including phenoxy) is 2. The maximum Gasteiger partial charge on any atom is 0.343 e. The SMILES string of the molecule is CCOP(=O)(OCC)C1CC[C@H]2COC[C@@H](c3ccc(Cl)cc3)N2C1=O.O=c1cccc2n1C=COC2. The summed E-state index contributed by atoms with van der Waals surface area (Å²) in [4.78, 5) is 26.3. The molecule has 4 heterocycles. The van der Waals surface area contributed by atoms with Crippen molar-refractivity contribution in [3.8, 4) is 0 Å². The van der Waals surface area contributed by atoms with E-state index >= 15 is 0 Å². The van der Waals surface area contributed by atoms with Crippen molar-refractivity contribution in [1.29, 1.82) is 0 Å². The van der Waals surface area contributed by atoms with Crippen molar-refractivity contribution in [3.05, 3.63) is 75.4 Å². The van der Waals surface area contributed by atoms with Crippen molar-refractivity contribution in [2.45, 2.75) is 51.0 Å². The van der Waals surface area contributed by atoms with Gasteiger partial charge in [-0.1, -0.05) is 29.8 Å². The number of piperidine rings is 1. The molecular weight excluding hydrogens is 519 g/mol. The van der Waals surface area contributed by atoms with Crippen LogP contribution in [-0.2, 0) is 34.5 Å². The molecule has 2 fully saturated rings. The molecule has 200 valence electrons. The number of aromatic nitrogens is 1. The first-order valence-corrected chi connectivity index (χ1v) is 14.4. The molecule has 2 saturated heterocycles. The molecule has 0 N–H and O–H groups in total. The third-order valence-corrected chi connectivity index (χ3v) is 9.22. The third-order valence-electron chi connectivity index (χ3n) is 6.49. The first-order valence-electron chi connectivity index (χ1n) is 12.4. The van der Waals surface area contributed by atoms with Crippen LogP contribution >= 0.6 is 19.2 Å². The molecule has 11 heteroatoms. The number of hydrogen-bond acceptors (Lipinski definition) is 7. The van der Waals surface area contributed by atoms with Gasteiger partial charge in [-0.3, -0.25) is 18.7 Å². The molecule has 0 spiro atoms. The van der Waals surface area contributed by atoms with E-state index in [1.54, 1.807) is 42.8 Å². The average molecular weight is 551 g/mol. The fraction of sp³-hybridized carbons (Fsp3) is 0.462. The Hall–Kier alpha value is -2.42. The Labute approximate surface area is 221 Å². The summed E-state index contributed by atoms with van der Waals surface area (Å²) < 4.78 is 36.4. The van der Waals surface area contributed by atoms with E-state index in [2.05, 4.69) is 0 Å². The van der Waals surface area contributed by atoms with E-state index in [1.165, 1.54) is 12.3 Å². The molecule has 0 aliphatic carbocycles. The quantitative estimate of drug-likeness (QED) is 0.475. The maximum absolute atomic E-state index is 13.3. The normalized spacial score (nSPS) is 22.8. The highest BCUT2D eigenvalue weighted by atomic mass is 35.5. The summed E-state index contributed by atoms with van der Waals surface area (Å²) in [7, 11) is -3.49. The van der Waals surface area contributed by atoms with Crippen molar-refractivity contribution < 1.29 is 27.9 Å². The lowest BCUT2D eigenvalue weighted by atomic mass is 9.94. The molecule has 0 bridgehead atoms. The summed E-state index contributed by atoms with van der Waals surface area (Å²) in [5.74, 6) is -0.172. The highest BCUT2D eigenvalue weighted by Crippen LogP contribution is 2.57. The minimum atomic E-state index is -3.49. The monoisotopic (exact) mass is 550 g/mol. The second-order valence-electron chi connectivity index (χ2n) is 8.79. The highest BCUT2D eigenvalue weighted by Gasteiger charge is 2.50. The van der Waals surface area contributed by atoms with Gasteiger partial charge in [-0.25, -0.2) is 0 Å². The highest BCUT2D eigenvalue weighted by molar-refractivity contribution is 7.55. The Balaban J connectivity index is 0.000000241. The van der Waals surface area contributed by atoms with Gasteiger partial charge in [-0.15, -0.1) is 0 Å². The summed E-state index contributed by atoms with van der Waals surface area (Å²) in [6.45, 7) is 5.38. The van der Waals surface area contributed by atoms with E-state index in [0.29, 0.717) is 37.7 Å². The number of fused-ring (bicyclic) bond motifs is 2. The summed E-state index contributed by atoms with van der Waals surface area (Å²) in [5, 5.41) is 0.641. The number of benzene rings is 1. The zero-order valence-corrected chi connectivity index (χ0v) is 22.6. The third kappa shape index (κ3) is 6.19. The predicted octanol–water partition coefficient (Wildman–Crippen LogP) is 4.84. The van der Waals surface area contributed by atoms with E-state index in [4.69, 9.17) is 30.1 Å². The average Bonchev–Trinajstić information content (AvgIpc) is 2.90. The Morgan fingerprint density at radius 2 is 1.76 bits per heavy atom. The van der Waals surface area contributed by atoms with Gasteiger partial charge in [0.25, 0.3) is 5.56 Å². The first-order chi connectivity index (χ1) is 17.9. The van der Waals surface area contributed by atoms with Crippen LogP contribution in [0.5, 0.6) is 0 Å². The standard InChI is InChI=1S/C18H25ClNO5P.C8H7NO2/c1-3-24-26(22,25-4-2)17-10-9-15-11-23-12-16(20(15)18(17)21)13-5-7-14(19)8-6-13;10-8-3-1-2-7-6-11-5-4-9(7)8/h5-8,15-17H,3-4,9-12H2,1-2H3;1-5H,6H2/t15-,16-,17?;/m0./s1. The zero-order chi connectivity index (χ0) is 26.4. The number of carbonyl (C=O) groups is 1. The Morgan fingerprint density at radius 3 is 2.43 bits per heavy atom. The van der Waals surface area contributed by atoms with Crippen LogP contribution in [0.15, 0.2) is 53.5 Å². The van der Waals surface area contributed by atoms with Crippen LogP contribution in [-0.4, -0.2) is 53.5 Å². The fourth-order valence-electron chi connectivity index (χ4n) is 4.81.